The summed E-state index contributed by atoms with van der Waals surface area (Å²) >= 11 is 0. The summed E-state index contributed by atoms with van der Waals surface area (Å²) in [5.41, 5.74) is 0.926. The first-order valence-electron chi connectivity index (χ1n) is 6.64. The summed E-state index contributed by atoms with van der Waals surface area (Å²) in [4.78, 5) is 24.2. The van der Waals surface area contributed by atoms with Crippen LogP contribution in [0.2, 0.25) is 0 Å². The molecule has 0 aliphatic rings. The number of urea groups is 1. The lowest BCUT2D eigenvalue weighted by atomic mass is 10.2. The van der Waals surface area contributed by atoms with E-state index < -0.39 is 5.97 Å². The molecule has 1 heterocycles. The Morgan fingerprint density at radius 3 is 2.70 bits per heavy atom. The van der Waals surface area contributed by atoms with Crippen LogP contribution in [0.15, 0.2) is 12.4 Å². The molecule has 0 saturated heterocycles. The first kappa shape index (κ1) is 16.0. The summed E-state index contributed by atoms with van der Waals surface area (Å²) in [6.07, 6.45) is 4.06. The van der Waals surface area contributed by atoms with Gasteiger partial charge in [-0.25, -0.2) is 4.79 Å². The highest BCUT2D eigenvalue weighted by molar-refractivity contribution is 5.74. The molecule has 0 aliphatic heterocycles. The van der Waals surface area contributed by atoms with Crippen molar-refractivity contribution in [1.29, 1.82) is 0 Å². The number of aliphatic carboxylic acids is 1. The molecular formula is C13H22N4O3. The number of rotatable bonds is 7. The van der Waals surface area contributed by atoms with E-state index in [1.54, 1.807) is 15.8 Å². The Hall–Kier alpha value is -2.05. The molecule has 7 nitrogen and oxygen atoms in total. The van der Waals surface area contributed by atoms with Crippen LogP contribution in [0.5, 0.6) is 0 Å². The maximum Gasteiger partial charge on any atom is 0.317 e. The van der Waals surface area contributed by atoms with Gasteiger partial charge in [-0.1, -0.05) is 0 Å². The van der Waals surface area contributed by atoms with E-state index in [-0.39, 0.29) is 18.5 Å². The van der Waals surface area contributed by atoms with Crippen molar-refractivity contribution in [2.24, 2.45) is 7.05 Å². The van der Waals surface area contributed by atoms with Gasteiger partial charge in [-0.05, 0) is 20.3 Å². The van der Waals surface area contributed by atoms with Crippen LogP contribution in [0.4, 0.5) is 4.79 Å². The number of aromatic nitrogens is 2. The second-order valence-electron chi connectivity index (χ2n) is 4.97. The van der Waals surface area contributed by atoms with Gasteiger partial charge in [0.15, 0.2) is 0 Å². The average Bonchev–Trinajstić information content (AvgIpc) is 2.77. The van der Waals surface area contributed by atoms with Crippen LogP contribution < -0.4 is 5.32 Å². The first-order chi connectivity index (χ1) is 9.40. The van der Waals surface area contributed by atoms with Gasteiger partial charge < -0.3 is 15.3 Å². The standard InChI is InChI=1S/C13H22N4O3/c1-10(2)17(6-4-5-12(18)19)13(20)14-7-11-8-15-16(3)9-11/h8-10H,4-7H2,1-3H3,(H,14,20)(H,18,19). The molecule has 2 amide bonds. The van der Waals surface area contributed by atoms with Gasteiger partial charge in [-0.3, -0.25) is 9.48 Å². The molecule has 0 aliphatic carbocycles. The van der Waals surface area contributed by atoms with Gasteiger partial charge in [0, 0.05) is 44.4 Å². The summed E-state index contributed by atoms with van der Waals surface area (Å²) < 4.78 is 1.68. The van der Waals surface area contributed by atoms with Crippen molar-refractivity contribution in [3.8, 4) is 0 Å². The summed E-state index contributed by atoms with van der Waals surface area (Å²) in [5, 5.41) is 15.5. The number of nitrogens with one attached hydrogen (secondary N) is 1. The van der Waals surface area contributed by atoms with Crippen LogP contribution in [0.1, 0.15) is 32.3 Å². The Labute approximate surface area is 118 Å². The van der Waals surface area contributed by atoms with Gasteiger partial charge in [0.2, 0.25) is 0 Å². The van der Waals surface area contributed by atoms with Crippen molar-refractivity contribution in [1.82, 2.24) is 20.0 Å². The van der Waals surface area contributed by atoms with E-state index in [0.717, 1.165) is 5.56 Å². The maximum absolute atomic E-state index is 12.1. The molecular weight excluding hydrogens is 260 g/mol. The van der Waals surface area contributed by atoms with E-state index >= 15 is 0 Å². The van der Waals surface area contributed by atoms with E-state index in [1.807, 2.05) is 27.1 Å². The lowest BCUT2D eigenvalue weighted by Gasteiger charge is -2.26. The van der Waals surface area contributed by atoms with E-state index in [4.69, 9.17) is 5.11 Å². The molecule has 1 aromatic heterocycles. The molecule has 1 aromatic rings. The van der Waals surface area contributed by atoms with Crippen LogP contribution in [0, 0.1) is 0 Å². The molecule has 0 fully saturated rings. The third-order valence-corrected chi connectivity index (χ3v) is 2.88. The zero-order valence-electron chi connectivity index (χ0n) is 12.2. The number of carbonyl (C=O) groups excluding carboxylic acids is 1. The fraction of sp³-hybridized carbons (Fsp3) is 0.615. The van der Waals surface area contributed by atoms with E-state index in [0.29, 0.717) is 19.5 Å². The SMILES string of the molecule is CC(C)N(CCCC(=O)O)C(=O)NCc1cnn(C)c1. The Balaban J connectivity index is 2.45. The lowest BCUT2D eigenvalue weighted by Crippen LogP contribution is -2.44. The molecule has 0 unspecified atom stereocenters. The van der Waals surface area contributed by atoms with E-state index in [1.165, 1.54) is 0 Å². The largest absolute Gasteiger partial charge is 0.481 e. The quantitative estimate of drug-likeness (QED) is 0.786. The van der Waals surface area contributed by atoms with Gasteiger partial charge in [0.25, 0.3) is 0 Å². The minimum absolute atomic E-state index is 0.0256. The molecule has 0 aromatic carbocycles. The Morgan fingerprint density at radius 2 is 2.20 bits per heavy atom. The minimum atomic E-state index is -0.843. The number of carboxylic acids is 1. The number of aryl methyl sites for hydroxylation is 1. The number of nitrogens with zero attached hydrogens (tertiary/aromatic N) is 3. The smallest absolute Gasteiger partial charge is 0.317 e. The predicted molar refractivity (Wildman–Crippen MR) is 74.2 cm³/mol. The Kier molecular flexibility index (Phi) is 6.02. The van der Waals surface area contributed by atoms with Crippen molar-refractivity contribution in [3.05, 3.63) is 18.0 Å². The molecule has 20 heavy (non-hydrogen) atoms. The van der Waals surface area contributed by atoms with Gasteiger partial charge in [0.1, 0.15) is 0 Å². The highest BCUT2D eigenvalue weighted by Gasteiger charge is 2.16. The third kappa shape index (κ3) is 5.29. The van der Waals surface area contributed by atoms with Crippen molar-refractivity contribution >= 4 is 12.0 Å². The summed E-state index contributed by atoms with van der Waals surface area (Å²) in [5.74, 6) is -0.843. The number of carbonyl (C=O) groups is 2. The second-order valence-corrected chi connectivity index (χ2v) is 4.97. The van der Waals surface area contributed by atoms with Crippen LogP contribution in [-0.2, 0) is 18.4 Å². The fourth-order valence-corrected chi connectivity index (χ4v) is 1.84. The van der Waals surface area contributed by atoms with E-state index in [2.05, 4.69) is 10.4 Å². The van der Waals surface area contributed by atoms with Gasteiger partial charge >= 0.3 is 12.0 Å². The number of hydrogen-bond donors (Lipinski definition) is 2. The minimum Gasteiger partial charge on any atom is -0.481 e. The summed E-state index contributed by atoms with van der Waals surface area (Å²) in [7, 11) is 1.82. The van der Waals surface area contributed by atoms with Crippen molar-refractivity contribution in [2.75, 3.05) is 6.54 Å². The molecule has 1 rings (SSSR count). The fourth-order valence-electron chi connectivity index (χ4n) is 1.84. The monoisotopic (exact) mass is 282 g/mol. The van der Waals surface area contributed by atoms with Crippen molar-refractivity contribution < 1.29 is 14.7 Å². The highest BCUT2D eigenvalue weighted by atomic mass is 16.4. The van der Waals surface area contributed by atoms with Crippen LogP contribution in [0.25, 0.3) is 0 Å². The molecule has 0 atom stereocenters. The third-order valence-electron chi connectivity index (χ3n) is 2.88. The van der Waals surface area contributed by atoms with Crippen molar-refractivity contribution in [3.63, 3.8) is 0 Å². The summed E-state index contributed by atoms with van der Waals surface area (Å²) in [6, 6.07) is -0.160. The van der Waals surface area contributed by atoms with Crippen molar-refractivity contribution in [2.45, 2.75) is 39.3 Å². The zero-order valence-corrected chi connectivity index (χ0v) is 12.2. The second kappa shape index (κ2) is 7.52. The Bertz CT molecular complexity index is 456. The first-order valence-corrected chi connectivity index (χ1v) is 6.64. The summed E-state index contributed by atoms with van der Waals surface area (Å²) in [6.45, 7) is 4.66. The predicted octanol–water partition coefficient (Wildman–Crippen LogP) is 1.20. The Morgan fingerprint density at radius 1 is 1.50 bits per heavy atom. The van der Waals surface area contributed by atoms with Gasteiger partial charge in [-0.15, -0.1) is 0 Å². The van der Waals surface area contributed by atoms with Crippen LogP contribution in [-0.4, -0.2) is 44.4 Å². The molecule has 2 N–H and O–H groups in total. The number of amides is 2. The van der Waals surface area contributed by atoms with E-state index in [9.17, 15) is 9.59 Å². The van der Waals surface area contributed by atoms with Gasteiger partial charge in [0.05, 0.1) is 6.20 Å². The number of carboxylic acid groups (broad SMARTS) is 1. The van der Waals surface area contributed by atoms with Crippen LogP contribution >= 0.6 is 0 Å². The normalized spacial score (nSPS) is 10.6. The zero-order chi connectivity index (χ0) is 15.1. The molecule has 112 valence electrons. The molecule has 0 spiro atoms. The number of hydrogen-bond acceptors (Lipinski definition) is 3. The molecule has 0 saturated carbocycles. The van der Waals surface area contributed by atoms with Crippen LogP contribution in [0.3, 0.4) is 0 Å². The lowest BCUT2D eigenvalue weighted by molar-refractivity contribution is -0.137. The molecule has 7 heteroatoms. The molecule has 0 bridgehead atoms. The topological polar surface area (TPSA) is 87.5 Å². The average molecular weight is 282 g/mol. The molecule has 0 radical (unpaired) electrons. The highest BCUT2D eigenvalue weighted by Crippen LogP contribution is 2.04. The maximum atomic E-state index is 12.1. The van der Waals surface area contributed by atoms with Gasteiger partial charge in [-0.2, -0.15) is 5.10 Å².